The first-order chi connectivity index (χ1) is 13.0. The molecule has 1 aliphatic heterocycles. The van der Waals surface area contributed by atoms with Crippen molar-refractivity contribution in [3.63, 3.8) is 0 Å². The summed E-state index contributed by atoms with van der Waals surface area (Å²) in [5, 5.41) is 0.949. The number of likely N-dealkylation sites (tertiary alicyclic amines) is 1. The van der Waals surface area contributed by atoms with E-state index < -0.39 is 0 Å². The summed E-state index contributed by atoms with van der Waals surface area (Å²) in [5.41, 5.74) is 2.58. The lowest BCUT2D eigenvalue weighted by Gasteiger charge is -2.35. The number of aromatic nitrogens is 1. The van der Waals surface area contributed by atoms with E-state index in [0.717, 1.165) is 46.5 Å². The molecule has 0 radical (unpaired) electrons. The summed E-state index contributed by atoms with van der Waals surface area (Å²) in [6.07, 6.45) is 2.22. The SMILES string of the molecule is CCc1ccc(-c2cc(C(=O)N3C[C@H](C)C[C@H](C)C3)c3ccccc3n2)s1. The highest BCUT2D eigenvalue weighted by molar-refractivity contribution is 7.15. The van der Waals surface area contributed by atoms with Crippen molar-refractivity contribution in [2.24, 2.45) is 11.8 Å². The molecule has 2 aromatic heterocycles. The van der Waals surface area contributed by atoms with Gasteiger partial charge in [-0.1, -0.05) is 39.0 Å². The van der Waals surface area contributed by atoms with Gasteiger partial charge in [0.05, 0.1) is 21.7 Å². The Morgan fingerprint density at radius 3 is 2.59 bits per heavy atom. The van der Waals surface area contributed by atoms with Gasteiger partial charge in [0.25, 0.3) is 5.91 Å². The molecule has 3 nitrogen and oxygen atoms in total. The van der Waals surface area contributed by atoms with Gasteiger partial charge in [0.1, 0.15) is 0 Å². The van der Waals surface area contributed by atoms with Gasteiger partial charge in [0.2, 0.25) is 0 Å². The van der Waals surface area contributed by atoms with Crippen LogP contribution in [0.2, 0.25) is 0 Å². The molecule has 1 aromatic carbocycles. The number of nitrogens with zero attached hydrogens (tertiary/aromatic N) is 2. The zero-order chi connectivity index (χ0) is 19.0. The number of carbonyl (C=O) groups is 1. The zero-order valence-electron chi connectivity index (χ0n) is 16.2. The molecule has 1 saturated heterocycles. The van der Waals surface area contributed by atoms with E-state index in [1.54, 1.807) is 11.3 Å². The lowest BCUT2D eigenvalue weighted by Crippen LogP contribution is -2.42. The van der Waals surface area contributed by atoms with Crippen molar-refractivity contribution in [1.29, 1.82) is 0 Å². The molecule has 0 bridgehead atoms. The molecule has 3 heterocycles. The number of carbonyl (C=O) groups excluding carboxylic acids is 1. The average Bonchev–Trinajstić information content (AvgIpc) is 3.15. The number of para-hydroxylation sites is 1. The molecule has 2 atom stereocenters. The molecule has 0 saturated carbocycles. The number of pyridine rings is 1. The maximum atomic E-state index is 13.5. The summed E-state index contributed by atoms with van der Waals surface area (Å²) in [4.78, 5) is 22.8. The van der Waals surface area contributed by atoms with E-state index in [1.165, 1.54) is 11.3 Å². The monoisotopic (exact) mass is 378 g/mol. The Morgan fingerprint density at radius 2 is 1.89 bits per heavy atom. The Kier molecular flexibility index (Phi) is 5.00. The highest BCUT2D eigenvalue weighted by atomic mass is 32.1. The molecular weight excluding hydrogens is 352 g/mol. The Balaban J connectivity index is 1.79. The van der Waals surface area contributed by atoms with E-state index in [2.05, 4.69) is 32.9 Å². The van der Waals surface area contributed by atoms with Gasteiger partial charge in [-0.3, -0.25) is 4.79 Å². The van der Waals surface area contributed by atoms with Gasteiger partial charge < -0.3 is 4.90 Å². The molecule has 3 aromatic rings. The first kappa shape index (κ1) is 18.2. The molecule has 0 aliphatic carbocycles. The Morgan fingerprint density at radius 1 is 1.15 bits per heavy atom. The lowest BCUT2D eigenvalue weighted by molar-refractivity contribution is 0.0625. The molecule has 4 rings (SSSR count). The van der Waals surface area contributed by atoms with E-state index in [-0.39, 0.29) is 5.91 Å². The van der Waals surface area contributed by atoms with Crippen molar-refractivity contribution in [1.82, 2.24) is 9.88 Å². The van der Waals surface area contributed by atoms with Crippen molar-refractivity contribution < 1.29 is 4.79 Å². The van der Waals surface area contributed by atoms with Crippen LogP contribution in [0.3, 0.4) is 0 Å². The number of amides is 1. The van der Waals surface area contributed by atoms with Crippen LogP contribution in [0.4, 0.5) is 0 Å². The van der Waals surface area contributed by atoms with E-state index in [0.29, 0.717) is 11.8 Å². The van der Waals surface area contributed by atoms with Gasteiger partial charge in [0, 0.05) is 23.4 Å². The first-order valence-corrected chi connectivity index (χ1v) is 10.6. The minimum Gasteiger partial charge on any atom is -0.338 e. The minimum atomic E-state index is 0.139. The van der Waals surface area contributed by atoms with Gasteiger partial charge >= 0.3 is 0 Å². The van der Waals surface area contributed by atoms with Gasteiger partial charge in [-0.15, -0.1) is 11.3 Å². The van der Waals surface area contributed by atoms with Crippen LogP contribution in [0.15, 0.2) is 42.5 Å². The highest BCUT2D eigenvalue weighted by Crippen LogP contribution is 2.32. The molecule has 0 unspecified atom stereocenters. The number of piperidine rings is 1. The van der Waals surface area contributed by atoms with E-state index in [9.17, 15) is 4.79 Å². The van der Waals surface area contributed by atoms with Crippen LogP contribution < -0.4 is 0 Å². The fraction of sp³-hybridized carbons (Fsp3) is 0.391. The summed E-state index contributed by atoms with van der Waals surface area (Å²) >= 11 is 1.76. The topological polar surface area (TPSA) is 33.2 Å². The molecule has 0 spiro atoms. The molecule has 1 amide bonds. The van der Waals surface area contributed by atoms with E-state index in [4.69, 9.17) is 4.98 Å². The predicted octanol–water partition coefficient (Wildman–Crippen LogP) is 5.64. The number of rotatable bonds is 3. The summed E-state index contributed by atoms with van der Waals surface area (Å²) in [6, 6.07) is 14.3. The van der Waals surface area contributed by atoms with Crippen molar-refractivity contribution in [2.75, 3.05) is 13.1 Å². The third kappa shape index (κ3) is 3.63. The fourth-order valence-electron chi connectivity index (χ4n) is 4.18. The minimum absolute atomic E-state index is 0.139. The number of fused-ring (bicyclic) bond motifs is 1. The van der Waals surface area contributed by atoms with Gasteiger partial charge in [-0.25, -0.2) is 4.98 Å². The highest BCUT2D eigenvalue weighted by Gasteiger charge is 2.27. The number of aryl methyl sites for hydroxylation is 1. The lowest BCUT2D eigenvalue weighted by atomic mass is 9.91. The van der Waals surface area contributed by atoms with Gasteiger partial charge in [0.15, 0.2) is 0 Å². The summed E-state index contributed by atoms with van der Waals surface area (Å²) in [7, 11) is 0. The second-order valence-electron chi connectivity index (χ2n) is 7.85. The second kappa shape index (κ2) is 7.43. The summed E-state index contributed by atoms with van der Waals surface area (Å²) in [5.74, 6) is 1.24. The van der Waals surface area contributed by atoms with Crippen molar-refractivity contribution >= 4 is 28.1 Å². The predicted molar refractivity (Wildman–Crippen MR) is 113 cm³/mol. The van der Waals surface area contributed by atoms with Crippen molar-refractivity contribution in [3.8, 4) is 10.6 Å². The molecule has 4 heteroatoms. The van der Waals surface area contributed by atoms with Crippen LogP contribution in [0.25, 0.3) is 21.5 Å². The molecule has 1 aliphatic rings. The fourth-order valence-corrected chi connectivity index (χ4v) is 5.09. The second-order valence-corrected chi connectivity index (χ2v) is 9.02. The number of hydrogen-bond donors (Lipinski definition) is 0. The third-order valence-electron chi connectivity index (χ3n) is 5.37. The Bertz CT molecular complexity index is 967. The van der Waals surface area contributed by atoms with Gasteiger partial charge in [-0.05, 0) is 48.9 Å². The summed E-state index contributed by atoms with van der Waals surface area (Å²) in [6.45, 7) is 8.33. The standard InChI is InChI=1S/C23H26N2OS/c1-4-17-9-10-22(27-17)21-12-19(18-7-5-6-8-20(18)24-21)23(26)25-13-15(2)11-16(3)14-25/h5-10,12,15-16H,4,11,13-14H2,1-3H3/t15-,16+. The summed E-state index contributed by atoms with van der Waals surface area (Å²) < 4.78 is 0. The van der Waals surface area contributed by atoms with Crippen LogP contribution in [-0.4, -0.2) is 28.9 Å². The normalized spacial score (nSPS) is 20.2. The molecule has 27 heavy (non-hydrogen) atoms. The van der Waals surface area contributed by atoms with Crippen molar-refractivity contribution in [2.45, 2.75) is 33.6 Å². The maximum Gasteiger partial charge on any atom is 0.254 e. The Labute approximate surface area is 165 Å². The first-order valence-electron chi connectivity index (χ1n) is 9.83. The van der Waals surface area contributed by atoms with Crippen LogP contribution in [-0.2, 0) is 6.42 Å². The third-order valence-corrected chi connectivity index (χ3v) is 6.62. The smallest absolute Gasteiger partial charge is 0.254 e. The van der Waals surface area contributed by atoms with E-state index >= 15 is 0 Å². The van der Waals surface area contributed by atoms with E-state index in [1.807, 2.05) is 35.2 Å². The largest absolute Gasteiger partial charge is 0.338 e. The quantitative estimate of drug-likeness (QED) is 0.590. The molecular formula is C23H26N2OS. The number of thiophene rings is 1. The zero-order valence-corrected chi connectivity index (χ0v) is 17.1. The van der Waals surface area contributed by atoms with Crippen LogP contribution in [0, 0.1) is 11.8 Å². The van der Waals surface area contributed by atoms with Gasteiger partial charge in [-0.2, -0.15) is 0 Å². The Hall–Kier alpha value is -2.20. The van der Waals surface area contributed by atoms with Crippen LogP contribution in [0.5, 0.6) is 0 Å². The number of benzene rings is 1. The van der Waals surface area contributed by atoms with Crippen molar-refractivity contribution in [3.05, 3.63) is 52.9 Å². The van der Waals surface area contributed by atoms with Crippen LogP contribution >= 0.6 is 11.3 Å². The molecule has 140 valence electrons. The maximum absolute atomic E-state index is 13.5. The molecule has 0 N–H and O–H groups in total. The van der Waals surface area contributed by atoms with Crippen LogP contribution in [0.1, 0.15) is 42.4 Å². The average molecular weight is 379 g/mol. The number of hydrogen-bond acceptors (Lipinski definition) is 3. The molecule has 1 fully saturated rings.